The topological polar surface area (TPSA) is 88.1 Å². The molecule has 0 aliphatic carbocycles. The molecule has 3 rings (SSSR count). The number of ether oxygens (including phenoxy) is 4. The van der Waals surface area contributed by atoms with Gasteiger partial charge in [-0.05, 0) is 52.0 Å². The number of ketones is 1. The third-order valence-electron chi connectivity index (χ3n) is 4.56. The minimum atomic E-state index is -0.687. The molecule has 0 aromatic heterocycles. The van der Waals surface area contributed by atoms with Gasteiger partial charge >= 0.3 is 11.9 Å². The van der Waals surface area contributed by atoms with Gasteiger partial charge in [-0.15, -0.1) is 0 Å². The van der Waals surface area contributed by atoms with Crippen LogP contribution < -0.4 is 0 Å². The number of hydrogen-bond donors (Lipinski definition) is 0. The standard InChI is InChI=1S/C13H16O4.C11H12O3/c1-3-15-12(14)10-4-6-11(7-5-10)13(2)16-8-9-17-13;1-3-14-11(13)10-6-4-9(5-7-10)8(2)12/h4-7H,3,8-9H2,1-2H3;4-7H,3H2,1-2H3. The molecule has 31 heavy (non-hydrogen) atoms. The molecule has 7 nitrogen and oxygen atoms in total. The summed E-state index contributed by atoms with van der Waals surface area (Å²) in [6.45, 7) is 8.82. The van der Waals surface area contributed by atoms with Crippen molar-refractivity contribution in [2.45, 2.75) is 33.5 Å². The molecule has 0 saturated carbocycles. The summed E-state index contributed by atoms with van der Waals surface area (Å²) in [5, 5.41) is 0. The third kappa shape index (κ3) is 6.73. The lowest BCUT2D eigenvalue weighted by molar-refractivity contribution is -0.149. The Labute approximate surface area is 182 Å². The summed E-state index contributed by atoms with van der Waals surface area (Å²) in [4.78, 5) is 33.6. The molecular weight excluding hydrogens is 400 g/mol. The van der Waals surface area contributed by atoms with Crippen LogP contribution >= 0.6 is 0 Å². The van der Waals surface area contributed by atoms with E-state index in [1.54, 1.807) is 50.2 Å². The summed E-state index contributed by atoms with van der Waals surface area (Å²) in [5.41, 5.74) is 2.51. The summed E-state index contributed by atoms with van der Waals surface area (Å²) in [6.07, 6.45) is 0. The van der Waals surface area contributed by atoms with E-state index in [2.05, 4.69) is 0 Å². The smallest absolute Gasteiger partial charge is 0.338 e. The van der Waals surface area contributed by atoms with Crippen LogP contribution in [-0.4, -0.2) is 44.1 Å². The Balaban J connectivity index is 0.000000225. The Bertz CT molecular complexity index is 879. The van der Waals surface area contributed by atoms with Gasteiger partial charge in [-0.2, -0.15) is 0 Å². The van der Waals surface area contributed by atoms with E-state index >= 15 is 0 Å². The molecule has 0 radical (unpaired) electrons. The number of carbonyl (C=O) groups is 3. The summed E-state index contributed by atoms with van der Waals surface area (Å²) in [6, 6.07) is 13.5. The Morgan fingerprint density at radius 2 is 1.16 bits per heavy atom. The van der Waals surface area contributed by atoms with E-state index in [9.17, 15) is 14.4 Å². The third-order valence-corrected chi connectivity index (χ3v) is 4.56. The average Bonchev–Trinajstić information content (AvgIpc) is 3.22. The number of hydrogen-bond acceptors (Lipinski definition) is 7. The van der Waals surface area contributed by atoms with Crippen molar-refractivity contribution in [1.82, 2.24) is 0 Å². The first-order valence-electron chi connectivity index (χ1n) is 10.1. The molecule has 0 atom stereocenters. The van der Waals surface area contributed by atoms with Crippen molar-refractivity contribution in [3.63, 3.8) is 0 Å². The molecule has 1 aliphatic rings. The zero-order valence-corrected chi connectivity index (χ0v) is 18.3. The van der Waals surface area contributed by atoms with Gasteiger partial charge in [0, 0.05) is 11.1 Å². The predicted molar refractivity (Wildman–Crippen MR) is 114 cm³/mol. The highest BCUT2D eigenvalue weighted by Crippen LogP contribution is 2.30. The van der Waals surface area contributed by atoms with Gasteiger partial charge in [0.1, 0.15) is 0 Å². The highest BCUT2D eigenvalue weighted by molar-refractivity contribution is 5.96. The van der Waals surface area contributed by atoms with Gasteiger partial charge in [0.2, 0.25) is 0 Å². The van der Waals surface area contributed by atoms with Crippen LogP contribution in [0.1, 0.15) is 64.3 Å². The summed E-state index contributed by atoms with van der Waals surface area (Å²) in [5.74, 6) is -1.37. The van der Waals surface area contributed by atoms with Crippen LogP contribution in [-0.2, 0) is 24.7 Å². The molecule has 1 heterocycles. The molecule has 1 fully saturated rings. The Hall–Kier alpha value is -3.03. The van der Waals surface area contributed by atoms with E-state index in [1.165, 1.54) is 6.92 Å². The van der Waals surface area contributed by atoms with E-state index in [0.717, 1.165) is 5.56 Å². The predicted octanol–water partition coefficient (Wildman–Crippen LogP) is 4.15. The molecule has 1 aliphatic heterocycles. The van der Waals surface area contributed by atoms with Crippen molar-refractivity contribution < 1.29 is 33.3 Å². The molecule has 0 spiro atoms. The fourth-order valence-corrected chi connectivity index (χ4v) is 2.86. The Morgan fingerprint density at radius 3 is 1.55 bits per heavy atom. The maximum Gasteiger partial charge on any atom is 0.338 e. The van der Waals surface area contributed by atoms with E-state index in [1.807, 2.05) is 19.1 Å². The van der Waals surface area contributed by atoms with Gasteiger partial charge < -0.3 is 18.9 Å². The highest BCUT2D eigenvalue weighted by atomic mass is 16.7. The quantitative estimate of drug-likeness (QED) is 0.504. The molecule has 0 N–H and O–H groups in total. The van der Waals surface area contributed by atoms with Crippen molar-refractivity contribution in [1.29, 1.82) is 0 Å². The number of Topliss-reactive ketones (excluding diaryl/α,β-unsaturated/α-hetero) is 1. The van der Waals surface area contributed by atoms with Crippen LogP contribution in [0.2, 0.25) is 0 Å². The highest BCUT2D eigenvalue weighted by Gasteiger charge is 2.33. The van der Waals surface area contributed by atoms with E-state index in [4.69, 9.17) is 18.9 Å². The lowest BCUT2D eigenvalue weighted by Crippen LogP contribution is -2.22. The molecule has 166 valence electrons. The fraction of sp³-hybridized carbons (Fsp3) is 0.375. The lowest BCUT2D eigenvalue weighted by Gasteiger charge is -2.22. The van der Waals surface area contributed by atoms with Gasteiger partial charge in [-0.1, -0.05) is 24.3 Å². The first-order valence-corrected chi connectivity index (χ1v) is 10.1. The van der Waals surface area contributed by atoms with E-state index < -0.39 is 5.79 Å². The van der Waals surface area contributed by atoms with E-state index in [-0.39, 0.29) is 17.7 Å². The monoisotopic (exact) mass is 428 g/mol. The van der Waals surface area contributed by atoms with Crippen molar-refractivity contribution in [3.8, 4) is 0 Å². The number of esters is 2. The summed E-state index contributed by atoms with van der Waals surface area (Å²) >= 11 is 0. The number of rotatable bonds is 6. The van der Waals surface area contributed by atoms with Crippen molar-refractivity contribution in [2.75, 3.05) is 26.4 Å². The van der Waals surface area contributed by atoms with Crippen LogP contribution in [0.25, 0.3) is 0 Å². The van der Waals surface area contributed by atoms with Gasteiger partial charge in [0.05, 0.1) is 37.6 Å². The second-order valence-electron chi connectivity index (χ2n) is 6.79. The van der Waals surface area contributed by atoms with Crippen LogP contribution in [0.4, 0.5) is 0 Å². The zero-order valence-electron chi connectivity index (χ0n) is 18.3. The van der Waals surface area contributed by atoms with Gasteiger partial charge in [-0.3, -0.25) is 4.79 Å². The van der Waals surface area contributed by atoms with Gasteiger partial charge in [0.25, 0.3) is 0 Å². The SMILES string of the molecule is CCOC(=O)c1ccc(C(C)=O)cc1.CCOC(=O)c1ccc(C2(C)OCCO2)cc1. The van der Waals surface area contributed by atoms with Crippen LogP contribution in [0.5, 0.6) is 0 Å². The molecule has 0 unspecified atom stereocenters. The van der Waals surface area contributed by atoms with Gasteiger partial charge in [0.15, 0.2) is 11.6 Å². The maximum absolute atomic E-state index is 11.5. The number of benzene rings is 2. The Morgan fingerprint density at radius 1 is 0.774 bits per heavy atom. The molecule has 2 aromatic rings. The molecule has 0 amide bonds. The first kappa shape index (κ1) is 24.2. The second-order valence-corrected chi connectivity index (χ2v) is 6.79. The second kappa shape index (κ2) is 11.4. The van der Waals surface area contributed by atoms with Crippen molar-refractivity contribution >= 4 is 17.7 Å². The molecule has 1 saturated heterocycles. The zero-order chi connectivity index (χ0) is 22.9. The van der Waals surface area contributed by atoms with Crippen molar-refractivity contribution in [3.05, 3.63) is 70.8 Å². The average molecular weight is 428 g/mol. The largest absolute Gasteiger partial charge is 0.462 e. The summed E-state index contributed by atoms with van der Waals surface area (Å²) < 4.78 is 20.8. The fourth-order valence-electron chi connectivity index (χ4n) is 2.86. The molecule has 7 heteroatoms. The maximum atomic E-state index is 11.5. The minimum Gasteiger partial charge on any atom is -0.462 e. The van der Waals surface area contributed by atoms with E-state index in [0.29, 0.717) is 43.1 Å². The van der Waals surface area contributed by atoms with Crippen LogP contribution in [0.3, 0.4) is 0 Å². The van der Waals surface area contributed by atoms with Crippen LogP contribution in [0.15, 0.2) is 48.5 Å². The molecule has 0 bridgehead atoms. The summed E-state index contributed by atoms with van der Waals surface area (Å²) in [7, 11) is 0. The Kier molecular flexibility index (Phi) is 8.90. The van der Waals surface area contributed by atoms with Crippen molar-refractivity contribution in [2.24, 2.45) is 0 Å². The first-order chi connectivity index (χ1) is 14.8. The lowest BCUT2D eigenvalue weighted by atomic mass is 10.1. The molecule has 2 aromatic carbocycles. The van der Waals surface area contributed by atoms with Gasteiger partial charge in [-0.25, -0.2) is 9.59 Å². The minimum absolute atomic E-state index is 0.0135. The normalized spacial score (nSPS) is 14.2. The van der Waals surface area contributed by atoms with Crippen LogP contribution in [0, 0.1) is 0 Å². The molecular formula is C24H28O7. The number of carbonyl (C=O) groups excluding carboxylic acids is 3.